The number of hydrogen-bond donors (Lipinski definition) is 1. The predicted molar refractivity (Wildman–Crippen MR) is 103 cm³/mol. The fourth-order valence-corrected chi connectivity index (χ4v) is 3.42. The van der Waals surface area contributed by atoms with Crippen LogP contribution < -0.4 is 4.74 Å². The van der Waals surface area contributed by atoms with Crippen LogP contribution in [0.5, 0.6) is 5.75 Å². The molecule has 1 aromatic heterocycles. The van der Waals surface area contributed by atoms with E-state index in [1.165, 1.54) is 6.07 Å². The van der Waals surface area contributed by atoms with E-state index in [9.17, 15) is 13.2 Å². The summed E-state index contributed by atoms with van der Waals surface area (Å²) >= 11 is 0. The second-order valence-corrected chi connectivity index (χ2v) is 7.70. The maximum atomic E-state index is 13.8. The second-order valence-electron chi connectivity index (χ2n) is 7.70. The normalized spacial score (nSPS) is 15.1. The Morgan fingerprint density at radius 1 is 1.29 bits per heavy atom. The molecular weight excluding hydrogens is 367 g/mol. The van der Waals surface area contributed by atoms with Crippen LogP contribution in [0, 0.1) is 6.92 Å². The number of H-pyrrole nitrogens is 1. The highest BCUT2D eigenvalue weighted by Crippen LogP contribution is 2.42. The quantitative estimate of drug-likeness (QED) is 0.636. The first-order valence-electron chi connectivity index (χ1n) is 9.89. The van der Waals surface area contributed by atoms with Gasteiger partial charge < -0.3 is 9.64 Å². The topological polar surface area (TPSA) is 41.2 Å². The number of aryl methyl sites for hydroxylation is 1. The molecule has 1 heterocycles. The third kappa shape index (κ3) is 4.69. The third-order valence-electron chi connectivity index (χ3n) is 5.26. The maximum absolute atomic E-state index is 13.8. The zero-order valence-electron chi connectivity index (χ0n) is 16.7. The Morgan fingerprint density at radius 2 is 2.04 bits per heavy atom. The lowest BCUT2D eigenvalue weighted by atomic mass is 9.95. The lowest BCUT2D eigenvalue weighted by Gasteiger charge is -2.29. The molecule has 7 heteroatoms. The zero-order valence-corrected chi connectivity index (χ0v) is 16.7. The third-order valence-corrected chi connectivity index (χ3v) is 5.26. The van der Waals surface area contributed by atoms with Gasteiger partial charge in [-0.15, -0.1) is 0 Å². The van der Waals surface area contributed by atoms with Crippen LogP contribution in [0.4, 0.5) is 13.2 Å². The minimum atomic E-state index is -4.47. The van der Waals surface area contributed by atoms with E-state index >= 15 is 0 Å². The van der Waals surface area contributed by atoms with Crippen molar-refractivity contribution in [2.24, 2.45) is 0 Å². The zero-order chi connectivity index (χ0) is 20.3. The Kier molecular flexibility index (Phi) is 6.33. The van der Waals surface area contributed by atoms with Crippen LogP contribution in [0.3, 0.4) is 0 Å². The molecule has 28 heavy (non-hydrogen) atoms. The van der Waals surface area contributed by atoms with Gasteiger partial charge in [0.05, 0.1) is 23.6 Å². The van der Waals surface area contributed by atoms with Crippen LogP contribution in [0.25, 0.3) is 11.3 Å². The smallest absolute Gasteiger partial charge is 0.419 e. The standard InChI is InChI=1S/C21H28F3N3O/c1-4-5-9-27(3)13-16-12-25-26-19(16)15-10-14(2)20(28-17-7-6-8-17)18(11-15)21(22,23)24/h10-12,17H,4-9,13H2,1-3H3,(H,25,26). The van der Waals surface area contributed by atoms with Gasteiger partial charge in [0.2, 0.25) is 0 Å². The Balaban J connectivity index is 1.93. The summed E-state index contributed by atoms with van der Waals surface area (Å²) in [6.07, 6.45) is 1.91. The SMILES string of the molecule is CCCCN(C)Cc1cn[nH]c1-c1cc(C)c(OC2CCC2)c(C(F)(F)F)c1. The second kappa shape index (κ2) is 8.55. The summed E-state index contributed by atoms with van der Waals surface area (Å²) in [5, 5.41) is 6.97. The van der Waals surface area contributed by atoms with Crippen LogP contribution in [0.15, 0.2) is 18.3 Å². The van der Waals surface area contributed by atoms with Crippen LogP contribution in [0.2, 0.25) is 0 Å². The Bertz CT molecular complexity index is 797. The molecule has 0 amide bonds. The van der Waals surface area contributed by atoms with Gasteiger partial charge in [-0.3, -0.25) is 5.10 Å². The monoisotopic (exact) mass is 395 g/mol. The number of nitrogens with one attached hydrogen (secondary N) is 1. The molecule has 1 N–H and O–H groups in total. The molecule has 0 atom stereocenters. The number of aromatic amines is 1. The van der Waals surface area contributed by atoms with E-state index in [2.05, 4.69) is 22.0 Å². The summed E-state index contributed by atoms with van der Waals surface area (Å²) in [5.74, 6) is -0.0397. The average molecular weight is 395 g/mol. The lowest BCUT2D eigenvalue weighted by Crippen LogP contribution is -2.26. The fourth-order valence-electron chi connectivity index (χ4n) is 3.42. The first-order valence-corrected chi connectivity index (χ1v) is 9.89. The Hall–Kier alpha value is -2.02. The largest absolute Gasteiger partial charge is 0.490 e. The van der Waals surface area contributed by atoms with Gasteiger partial charge in [0.1, 0.15) is 5.75 Å². The number of nitrogens with zero attached hydrogens (tertiary/aromatic N) is 2. The highest BCUT2D eigenvalue weighted by atomic mass is 19.4. The summed E-state index contributed by atoms with van der Waals surface area (Å²) in [4.78, 5) is 2.16. The first-order chi connectivity index (χ1) is 13.3. The molecule has 4 nitrogen and oxygen atoms in total. The van der Waals surface area contributed by atoms with Gasteiger partial charge in [-0.1, -0.05) is 13.3 Å². The van der Waals surface area contributed by atoms with Crippen molar-refractivity contribution in [3.8, 4) is 17.0 Å². The van der Waals surface area contributed by atoms with Crippen LogP contribution in [-0.4, -0.2) is 34.8 Å². The molecule has 3 rings (SSSR count). The maximum Gasteiger partial charge on any atom is 0.419 e. The average Bonchev–Trinajstić information content (AvgIpc) is 3.03. The summed E-state index contributed by atoms with van der Waals surface area (Å²) in [6.45, 7) is 5.37. The number of rotatable bonds is 8. The fraction of sp³-hybridized carbons (Fsp3) is 0.571. The summed E-state index contributed by atoms with van der Waals surface area (Å²) in [7, 11) is 2.01. The summed E-state index contributed by atoms with van der Waals surface area (Å²) < 4.78 is 47.0. The number of benzene rings is 1. The molecule has 0 radical (unpaired) electrons. The Morgan fingerprint density at radius 3 is 2.64 bits per heavy atom. The van der Waals surface area contributed by atoms with E-state index in [0.29, 0.717) is 23.4 Å². The van der Waals surface area contributed by atoms with Crippen LogP contribution in [0.1, 0.15) is 55.7 Å². The molecule has 1 aromatic carbocycles. The van der Waals surface area contributed by atoms with Crippen molar-refractivity contribution < 1.29 is 17.9 Å². The van der Waals surface area contributed by atoms with Gasteiger partial charge in [0.25, 0.3) is 0 Å². The molecule has 0 spiro atoms. The van der Waals surface area contributed by atoms with Crippen molar-refractivity contribution in [3.63, 3.8) is 0 Å². The van der Waals surface area contributed by atoms with Gasteiger partial charge >= 0.3 is 6.18 Å². The van der Waals surface area contributed by atoms with Crippen molar-refractivity contribution >= 4 is 0 Å². The first kappa shape index (κ1) is 20.7. The minimum absolute atomic E-state index is 0.0397. The summed E-state index contributed by atoms with van der Waals surface area (Å²) in [6, 6.07) is 2.94. The van der Waals surface area contributed by atoms with E-state index in [0.717, 1.165) is 44.2 Å². The van der Waals surface area contributed by atoms with E-state index in [1.807, 2.05) is 7.05 Å². The van der Waals surface area contributed by atoms with E-state index in [1.54, 1.807) is 19.2 Å². The van der Waals surface area contributed by atoms with Crippen molar-refractivity contribution in [3.05, 3.63) is 35.0 Å². The molecule has 0 saturated heterocycles. The van der Waals surface area contributed by atoms with Gasteiger partial charge in [-0.2, -0.15) is 18.3 Å². The van der Waals surface area contributed by atoms with E-state index < -0.39 is 11.7 Å². The van der Waals surface area contributed by atoms with Gasteiger partial charge in [-0.25, -0.2) is 0 Å². The molecular formula is C21H28F3N3O. The molecule has 1 aliphatic carbocycles. The van der Waals surface area contributed by atoms with Gasteiger partial charge in [-0.05, 0) is 63.9 Å². The van der Waals surface area contributed by atoms with E-state index in [-0.39, 0.29) is 11.9 Å². The summed E-state index contributed by atoms with van der Waals surface area (Å²) in [5.41, 5.74) is 1.79. The number of ether oxygens (including phenoxy) is 1. The molecule has 154 valence electrons. The number of hydrogen-bond acceptors (Lipinski definition) is 3. The highest BCUT2D eigenvalue weighted by Gasteiger charge is 2.37. The highest BCUT2D eigenvalue weighted by molar-refractivity contribution is 5.67. The van der Waals surface area contributed by atoms with E-state index in [4.69, 9.17) is 4.74 Å². The predicted octanol–water partition coefficient (Wildman–Crippen LogP) is 5.57. The number of alkyl halides is 3. The van der Waals surface area contributed by atoms with Gasteiger partial charge in [0, 0.05) is 17.7 Å². The molecule has 0 aliphatic heterocycles. The van der Waals surface area contributed by atoms with Crippen molar-refractivity contribution in [1.29, 1.82) is 0 Å². The lowest BCUT2D eigenvalue weighted by molar-refractivity contribution is -0.139. The molecule has 1 aliphatic rings. The number of halogens is 3. The van der Waals surface area contributed by atoms with Crippen molar-refractivity contribution in [2.45, 2.75) is 64.8 Å². The number of aromatic nitrogens is 2. The number of unbranched alkanes of at least 4 members (excludes halogenated alkanes) is 1. The van der Waals surface area contributed by atoms with Crippen LogP contribution in [-0.2, 0) is 12.7 Å². The Labute approximate surface area is 164 Å². The molecule has 1 fully saturated rings. The molecule has 2 aromatic rings. The molecule has 1 saturated carbocycles. The van der Waals surface area contributed by atoms with Crippen molar-refractivity contribution in [1.82, 2.24) is 15.1 Å². The molecule has 0 unspecified atom stereocenters. The molecule has 0 bridgehead atoms. The minimum Gasteiger partial charge on any atom is -0.490 e. The van der Waals surface area contributed by atoms with Gasteiger partial charge in [0.15, 0.2) is 0 Å². The van der Waals surface area contributed by atoms with Crippen LogP contribution >= 0.6 is 0 Å². The van der Waals surface area contributed by atoms with Crippen molar-refractivity contribution in [2.75, 3.05) is 13.6 Å².